The van der Waals surface area contributed by atoms with E-state index in [1.165, 1.54) is 43.4 Å². The third-order valence-electron chi connectivity index (χ3n) is 4.45. The van der Waals surface area contributed by atoms with Crippen LogP contribution in [-0.4, -0.2) is 58.3 Å². The zero-order valence-electron chi connectivity index (χ0n) is 18.4. The molecule has 0 saturated heterocycles. The summed E-state index contributed by atoms with van der Waals surface area (Å²) in [6.07, 6.45) is 2.87. The van der Waals surface area contributed by atoms with Gasteiger partial charge in [-0.1, -0.05) is 22.9 Å². The Balaban J connectivity index is 1.69. The molecule has 35 heavy (non-hydrogen) atoms. The van der Waals surface area contributed by atoms with Crippen molar-refractivity contribution < 1.29 is 23.4 Å². The number of amides is 1. The number of carbonyl (C=O) groups excluding carboxylic acids is 1. The molecule has 3 N–H and O–H groups in total. The lowest BCUT2D eigenvalue weighted by atomic mass is 10.1. The molecule has 0 saturated carbocycles. The molecule has 0 atom stereocenters. The Labute approximate surface area is 206 Å². The van der Waals surface area contributed by atoms with Gasteiger partial charge in [-0.2, -0.15) is 9.78 Å². The number of hydrogen-bond acceptors (Lipinski definition) is 12. The molecule has 4 aromatic rings. The number of nitrogens with zero attached hydrogens (tertiary/aromatic N) is 5. The highest BCUT2D eigenvalue weighted by Gasteiger charge is 2.23. The van der Waals surface area contributed by atoms with E-state index in [0.717, 1.165) is 11.3 Å². The molecule has 0 aliphatic carbocycles. The highest BCUT2D eigenvalue weighted by molar-refractivity contribution is 7.17. The van der Waals surface area contributed by atoms with Crippen LogP contribution in [0, 0.1) is 0 Å². The summed E-state index contributed by atoms with van der Waals surface area (Å²) in [5.41, 5.74) is 5.30. The van der Waals surface area contributed by atoms with Gasteiger partial charge in [0.1, 0.15) is 23.9 Å². The van der Waals surface area contributed by atoms with Crippen LogP contribution in [0.5, 0.6) is 11.5 Å². The first-order valence-electron chi connectivity index (χ1n) is 9.85. The Morgan fingerprint density at radius 3 is 2.83 bits per heavy atom. The average molecular weight is 520 g/mol. The van der Waals surface area contributed by atoms with Crippen molar-refractivity contribution in [3.05, 3.63) is 51.8 Å². The van der Waals surface area contributed by atoms with Crippen LogP contribution < -0.4 is 26.1 Å². The fraction of sp³-hybridized carbons (Fsp3) is 0.200. The van der Waals surface area contributed by atoms with Crippen LogP contribution >= 0.6 is 22.9 Å². The van der Waals surface area contributed by atoms with Gasteiger partial charge in [-0.25, -0.2) is 4.79 Å². The molecule has 0 fully saturated rings. The number of carbonyl (C=O) groups is 1. The second-order valence-corrected chi connectivity index (χ2v) is 8.09. The van der Waals surface area contributed by atoms with Gasteiger partial charge in [0.15, 0.2) is 5.76 Å². The lowest BCUT2D eigenvalue weighted by molar-refractivity contribution is 0.0990. The quantitative estimate of drug-likeness (QED) is 0.311. The van der Waals surface area contributed by atoms with E-state index in [-0.39, 0.29) is 46.9 Å². The highest BCUT2D eigenvalue weighted by Crippen LogP contribution is 2.35. The van der Waals surface area contributed by atoms with E-state index in [1.54, 1.807) is 6.07 Å². The predicted molar refractivity (Wildman–Crippen MR) is 127 cm³/mol. The maximum Gasteiger partial charge on any atom is 0.379 e. The molecular weight excluding hydrogens is 502 g/mol. The van der Waals surface area contributed by atoms with E-state index in [0.29, 0.717) is 16.0 Å². The fourth-order valence-electron chi connectivity index (χ4n) is 2.90. The predicted octanol–water partition coefficient (Wildman–Crippen LogP) is 2.26. The summed E-state index contributed by atoms with van der Waals surface area (Å²) < 4.78 is 22.5. The largest absolute Gasteiger partial charge is 0.494 e. The standard InChI is InChI=1S/C20H18ClN7O6S/c1-31-5-6-33-16-11(15-12(32-2)7-10(21)9-23-15)8-13(34-18(16)30)17(29)25-19-26-27-20(35-19)28-14(22)3-4-24-28/h3-4,7-9H,5-6,22H2,1-2H3,(H,25,26,29). The number of pyridine rings is 1. The molecule has 4 heterocycles. The van der Waals surface area contributed by atoms with Crippen LogP contribution in [0.25, 0.3) is 16.4 Å². The van der Waals surface area contributed by atoms with Gasteiger partial charge < -0.3 is 24.4 Å². The maximum absolute atomic E-state index is 12.9. The summed E-state index contributed by atoms with van der Waals surface area (Å²) in [5.74, 6) is -0.632. The van der Waals surface area contributed by atoms with Gasteiger partial charge in [0.2, 0.25) is 16.0 Å². The minimum Gasteiger partial charge on any atom is -0.494 e. The number of nitrogen functional groups attached to an aromatic ring is 1. The molecule has 182 valence electrons. The van der Waals surface area contributed by atoms with Crippen molar-refractivity contribution in [1.29, 1.82) is 0 Å². The minimum absolute atomic E-state index is 0.0554. The number of nitrogens with one attached hydrogen (secondary N) is 1. The van der Waals surface area contributed by atoms with E-state index >= 15 is 0 Å². The maximum atomic E-state index is 12.9. The lowest BCUT2D eigenvalue weighted by Gasteiger charge is -2.13. The van der Waals surface area contributed by atoms with Crippen LogP contribution in [0.3, 0.4) is 0 Å². The van der Waals surface area contributed by atoms with Crippen molar-refractivity contribution in [2.75, 3.05) is 38.5 Å². The Morgan fingerprint density at radius 2 is 2.11 bits per heavy atom. The SMILES string of the molecule is COCCOc1c(-c2ncc(Cl)cc2OC)cc(C(=O)Nc2nnc(-n3nccc3N)s2)oc1=O. The van der Waals surface area contributed by atoms with Crippen LogP contribution in [0.4, 0.5) is 10.9 Å². The van der Waals surface area contributed by atoms with Crippen molar-refractivity contribution >= 4 is 39.8 Å². The molecule has 0 bridgehead atoms. The number of hydrogen-bond donors (Lipinski definition) is 2. The van der Waals surface area contributed by atoms with Crippen molar-refractivity contribution in [2.24, 2.45) is 0 Å². The summed E-state index contributed by atoms with van der Waals surface area (Å²) >= 11 is 7.03. The van der Waals surface area contributed by atoms with E-state index < -0.39 is 11.5 Å². The normalized spacial score (nSPS) is 10.8. The van der Waals surface area contributed by atoms with Crippen molar-refractivity contribution in [2.45, 2.75) is 0 Å². The lowest BCUT2D eigenvalue weighted by Crippen LogP contribution is -2.18. The summed E-state index contributed by atoms with van der Waals surface area (Å²) in [6, 6.07) is 4.41. The number of anilines is 2. The van der Waals surface area contributed by atoms with Crippen molar-refractivity contribution in [3.8, 4) is 27.9 Å². The van der Waals surface area contributed by atoms with E-state index in [1.807, 2.05) is 0 Å². The fourth-order valence-corrected chi connectivity index (χ4v) is 3.76. The van der Waals surface area contributed by atoms with Gasteiger partial charge in [0, 0.05) is 31.5 Å². The van der Waals surface area contributed by atoms with E-state index in [9.17, 15) is 9.59 Å². The number of ether oxygens (including phenoxy) is 3. The number of rotatable bonds is 9. The number of aromatic nitrogens is 5. The molecule has 4 rings (SSSR count). The van der Waals surface area contributed by atoms with Crippen molar-refractivity contribution in [3.63, 3.8) is 0 Å². The van der Waals surface area contributed by atoms with Gasteiger partial charge in [-0.3, -0.25) is 15.1 Å². The molecule has 0 aliphatic rings. The zero-order chi connectivity index (χ0) is 24.9. The first-order valence-corrected chi connectivity index (χ1v) is 11.0. The average Bonchev–Trinajstić information content (AvgIpc) is 3.48. The molecule has 15 heteroatoms. The Morgan fingerprint density at radius 1 is 1.29 bits per heavy atom. The molecule has 0 spiro atoms. The minimum atomic E-state index is -0.898. The number of halogens is 1. The van der Waals surface area contributed by atoms with Crippen LogP contribution in [-0.2, 0) is 4.74 Å². The summed E-state index contributed by atoms with van der Waals surface area (Å²) in [7, 11) is 2.91. The molecule has 0 unspecified atom stereocenters. The summed E-state index contributed by atoms with van der Waals surface area (Å²) in [6.45, 7) is 0.270. The molecule has 13 nitrogen and oxygen atoms in total. The first-order chi connectivity index (χ1) is 16.9. The van der Waals surface area contributed by atoms with Gasteiger partial charge in [0.05, 0.1) is 30.5 Å². The molecule has 0 radical (unpaired) electrons. The van der Waals surface area contributed by atoms with E-state index in [2.05, 4.69) is 25.6 Å². The highest BCUT2D eigenvalue weighted by atomic mass is 35.5. The van der Waals surface area contributed by atoms with Crippen molar-refractivity contribution in [1.82, 2.24) is 25.0 Å². The Hall–Kier alpha value is -4.01. The van der Waals surface area contributed by atoms with Gasteiger partial charge >= 0.3 is 5.63 Å². The third kappa shape index (κ3) is 5.24. The molecule has 4 aromatic heterocycles. The Bertz CT molecular complexity index is 1420. The van der Waals surface area contributed by atoms with E-state index in [4.69, 9.17) is 36.0 Å². The number of methoxy groups -OCH3 is 2. The molecule has 1 amide bonds. The summed E-state index contributed by atoms with van der Waals surface area (Å²) in [5, 5.41) is 15.2. The first kappa shape index (κ1) is 24.1. The van der Waals surface area contributed by atoms with Crippen LogP contribution in [0.2, 0.25) is 5.02 Å². The molecule has 0 aliphatic heterocycles. The Kier molecular flexibility index (Phi) is 7.24. The molecule has 0 aromatic carbocycles. The third-order valence-corrected chi connectivity index (χ3v) is 5.47. The second kappa shape index (κ2) is 10.5. The second-order valence-electron chi connectivity index (χ2n) is 6.70. The smallest absolute Gasteiger partial charge is 0.379 e. The van der Waals surface area contributed by atoms with Gasteiger partial charge in [0.25, 0.3) is 5.91 Å². The zero-order valence-corrected chi connectivity index (χ0v) is 19.9. The molecular formula is C20H18ClN7O6S. The topological polar surface area (TPSA) is 170 Å². The van der Waals surface area contributed by atoms with Gasteiger partial charge in [-0.05, 0) is 0 Å². The number of nitrogens with two attached hydrogens (primary N) is 1. The van der Waals surface area contributed by atoms with Gasteiger partial charge in [-0.15, -0.1) is 10.2 Å². The van der Waals surface area contributed by atoms with Crippen LogP contribution in [0.1, 0.15) is 10.6 Å². The summed E-state index contributed by atoms with van der Waals surface area (Å²) in [4.78, 5) is 29.9. The van der Waals surface area contributed by atoms with Crippen LogP contribution in [0.15, 0.2) is 39.8 Å². The monoisotopic (exact) mass is 519 g/mol.